The molecular weight excluding hydrogens is 522 g/mol. The minimum atomic E-state index is -0.386. The van der Waals surface area contributed by atoms with Crippen LogP contribution in [0.15, 0.2) is 30.6 Å². The Kier molecular flexibility index (Phi) is 6.38. The Bertz CT molecular complexity index is 1500. The van der Waals surface area contributed by atoms with Crippen molar-refractivity contribution in [1.29, 1.82) is 0 Å². The lowest BCUT2D eigenvalue weighted by atomic mass is 9.73. The second kappa shape index (κ2) is 10.1. The number of likely N-dealkylation sites (tertiary alicyclic amines) is 2. The summed E-state index contributed by atoms with van der Waals surface area (Å²) in [6, 6.07) is 10.6. The Morgan fingerprint density at radius 3 is 2.45 bits per heavy atom. The molecule has 0 unspecified atom stereocenters. The average Bonchev–Trinajstić information content (AvgIpc) is 3.63. The molecular formula is C34H45N7O. The molecule has 8 nitrogen and oxygen atoms in total. The third-order valence-electron chi connectivity index (χ3n) is 10.9. The topological polar surface area (TPSA) is 69.5 Å². The molecule has 8 heteroatoms. The van der Waals surface area contributed by atoms with Gasteiger partial charge in [-0.15, -0.1) is 0 Å². The van der Waals surface area contributed by atoms with E-state index in [9.17, 15) is 4.79 Å². The van der Waals surface area contributed by atoms with Gasteiger partial charge >= 0.3 is 0 Å². The Labute approximate surface area is 249 Å². The Morgan fingerprint density at radius 1 is 0.976 bits per heavy atom. The highest BCUT2D eigenvalue weighted by Gasteiger charge is 2.55. The zero-order valence-electron chi connectivity index (χ0n) is 25.5. The van der Waals surface area contributed by atoms with Crippen LogP contribution in [0, 0.1) is 0 Å². The fourth-order valence-corrected chi connectivity index (χ4v) is 8.07. The highest BCUT2D eigenvalue weighted by atomic mass is 16.2. The summed E-state index contributed by atoms with van der Waals surface area (Å²) in [7, 11) is 2.18. The molecule has 3 aromatic rings. The van der Waals surface area contributed by atoms with Crippen molar-refractivity contribution in [2.24, 2.45) is 0 Å². The smallest absolute Gasteiger partial charge is 0.238 e. The van der Waals surface area contributed by atoms with E-state index in [-0.39, 0.29) is 5.41 Å². The first-order chi connectivity index (χ1) is 20.4. The van der Waals surface area contributed by atoms with E-state index < -0.39 is 0 Å². The van der Waals surface area contributed by atoms with Crippen LogP contribution in [0.5, 0.6) is 0 Å². The van der Waals surface area contributed by atoms with E-state index >= 15 is 0 Å². The number of hydrogen-bond donors (Lipinski definition) is 1. The van der Waals surface area contributed by atoms with E-state index in [0.717, 1.165) is 72.6 Å². The van der Waals surface area contributed by atoms with Crippen LogP contribution < -0.4 is 10.2 Å². The molecule has 42 heavy (non-hydrogen) atoms. The highest BCUT2D eigenvalue weighted by molar-refractivity contribution is 6.09. The van der Waals surface area contributed by atoms with Gasteiger partial charge in [0.05, 0.1) is 23.0 Å². The maximum atomic E-state index is 14.5. The Balaban J connectivity index is 1.18. The second-order valence-electron chi connectivity index (χ2n) is 14.1. The number of carbonyl (C=O) groups is 1. The van der Waals surface area contributed by atoms with Gasteiger partial charge in [-0.25, -0.2) is 9.97 Å². The first kappa shape index (κ1) is 26.6. The van der Waals surface area contributed by atoms with Crippen molar-refractivity contribution in [2.45, 2.75) is 101 Å². The van der Waals surface area contributed by atoms with Crippen molar-refractivity contribution in [1.82, 2.24) is 24.3 Å². The molecule has 8 rings (SSSR count). The molecule has 5 heterocycles. The van der Waals surface area contributed by atoms with Crippen LogP contribution >= 0.6 is 0 Å². The molecule has 2 aromatic heterocycles. The van der Waals surface area contributed by atoms with E-state index in [2.05, 4.69) is 69.7 Å². The number of carbonyl (C=O) groups excluding carboxylic acids is 1. The van der Waals surface area contributed by atoms with E-state index in [4.69, 9.17) is 9.97 Å². The van der Waals surface area contributed by atoms with Gasteiger partial charge in [-0.05, 0) is 116 Å². The van der Waals surface area contributed by atoms with Gasteiger partial charge in [0, 0.05) is 35.4 Å². The van der Waals surface area contributed by atoms with Crippen LogP contribution in [-0.2, 0) is 10.2 Å². The quantitative estimate of drug-likeness (QED) is 0.420. The zero-order chi connectivity index (χ0) is 28.6. The van der Waals surface area contributed by atoms with E-state index in [1.165, 1.54) is 50.8 Å². The largest absolute Gasteiger partial charge is 0.366 e. The molecule has 1 spiro atoms. The molecule has 0 radical (unpaired) electrons. The van der Waals surface area contributed by atoms with Gasteiger partial charge in [0.15, 0.2) is 5.82 Å². The van der Waals surface area contributed by atoms with E-state index in [1.807, 2.05) is 6.33 Å². The van der Waals surface area contributed by atoms with Gasteiger partial charge in [0.25, 0.3) is 0 Å². The lowest BCUT2D eigenvalue weighted by Crippen LogP contribution is -2.58. The fraction of sp³-hybridized carbons (Fsp3) is 0.618. The molecule has 2 aliphatic carbocycles. The number of nitrogens with zero attached hydrogens (tertiary/aromatic N) is 6. The molecule has 2 saturated carbocycles. The number of benzene rings is 1. The summed E-state index contributed by atoms with van der Waals surface area (Å²) >= 11 is 0. The van der Waals surface area contributed by atoms with Crippen LogP contribution in [0.25, 0.3) is 22.3 Å². The number of hydrogen-bond acceptors (Lipinski definition) is 6. The lowest BCUT2D eigenvalue weighted by molar-refractivity contribution is -0.125. The number of pyridine rings is 1. The van der Waals surface area contributed by atoms with Gasteiger partial charge in [-0.2, -0.15) is 0 Å². The lowest BCUT2D eigenvalue weighted by Gasteiger charge is -2.48. The van der Waals surface area contributed by atoms with Crippen molar-refractivity contribution in [3.8, 4) is 11.3 Å². The third kappa shape index (κ3) is 4.28. The van der Waals surface area contributed by atoms with Gasteiger partial charge in [-0.3, -0.25) is 4.79 Å². The summed E-state index contributed by atoms with van der Waals surface area (Å²) in [6.45, 7) is 8.76. The Morgan fingerprint density at radius 2 is 1.74 bits per heavy atom. The molecule has 1 N–H and O–H groups in total. The van der Waals surface area contributed by atoms with Crippen molar-refractivity contribution in [3.63, 3.8) is 0 Å². The molecule has 1 aromatic carbocycles. The molecule has 3 aliphatic heterocycles. The van der Waals surface area contributed by atoms with Crippen LogP contribution in [0.2, 0.25) is 0 Å². The molecule has 1 amide bonds. The van der Waals surface area contributed by atoms with Crippen LogP contribution in [0.1, 0.15) is 83.2 Å². The second-order valence-corrected chi connectivity index (χ2v) is 14.1. The first-order valence-corrected chi connectivity index (χ1v) is 16.5. The van der Waals surface area contributed by atoms with Crippen LogP contribution in [-0.4, -0.2) is 81.6 Å². The summed E-state index contributed by atoms with van der Waals surface area (Å²) in [5.41, 5.74) is 6.05. The zero-order valence-corrected chi connectivity index (χ0v) is 25.5. The first-order valence-electron chi connectivity index (χ1n) is 16.5. The SMILES string of the molecule is CC(C)n1cnc2cc(-c3ccc4c(c3)N(C3CC(N5CCCCC5)C3)C(=O)C43CCN(C)CC3)nc(NC3CC3)c21. The van der Waals surface area contributed by atoms with Gasteiger partial charge in [0.1, 0.15) is 5.52 Å². The van der Waals surface area contributed by atoms with E-state index in [0.29, 0.717) is 30.1 Å². The molecule has 0 bridgehead atoms. The van der Waals surface area contributed by atoms with Gasteiger partial charge < -0.3 is 24.6 Å². The van der Waals surface area contributed by atoms with Crippen LogP contribution in [0.4, 0.5) is 11.5 Å². The van der Waals surface area contributed by atoms with Crippen LogP contribution in [0.3, 0.4) is 0 Å². The number of imidazole rings is 1. The van der Waals surface area contributed by atoms with Crippen molar-refractivity contribution in [3.05, 3.63) is 36.2 Å². The summed E-state index contributed by atoms with van der Waals surface area (Å²) in [6.07, 6.45) is 12.3. The molecule has 222 valence electrons. The number of amides is 1. The van der Waals surface area contributed by atoms with Crippen molar-refractivity contribution in [2.75, 3.05) is 43.4 Å². The number of fused-ring (bicyclic) bond motifs is 3. The molecule has 4 fully saturated rings. The summed E-state index contributed by atoms with van der Waals surface area (Å²) in [5.74, 6) is 1.28. The summed E-state index contributed by atoms with van der Waals surface area (Å²) in [5, 5.41) is 3.70. The number of anilines is 2. The number of aromatic nitrogens is 3. The number of piperidine rings is 2. The molecule has 5 aliphatic rings. The number of rotatable bonds is 6. The predicted molar refractivity (Wildman–Crippen MR) is 168 cm³/mol. The maximum Gasteiger partial charge on any atom is 0.238 e. The normalized spacial score (nSPS) is 26.3. The standard InChI is InChI=1S/C34H45N7O/c1-22(2)40-21-35-29-20-28(37-32(31(29)40)36-24-8-9-24)23-7-10-27-30(17-23)41(33(42)34(27)11-15-38(3)16-12-34)26-18-25(19-26)39-13-5-4-6-14-39/h7,10,17,20-22,24-26H,4-6,8-9,11-16,18-19H2,1-3H3,(H,36,37). The third-order valence-corrected chi connectivity index (χ3v) is 10.9. The maximum absolute atomic E-state index is 14.5. The summed E-state index contributed by atoms with van der Waals surface area (Å²) in [4.78, 5) is 31.8. The van der Waals surface area contributed by atoms with Gasteiger partial charge in [0.2, 0.25) is 5.91 Å². The minimum absolute atomic E-state index is 0.293. The van der Waals surface area contributed by atoms with Crippen molar-refractivity contribution < 1.29 is 4.79 Å². The highest BCUT2D eigenvalue weighted by Crippen LogP contribution is 2.52. The molecule has 2 saturated heterocycles. The fourth-order valence-electron chi connectivity index (χ4n) is 8.07. The number of nitrogens with one attached hydrogen (secondary N) is 1. The Hall–Kier alpha value is -2.97. The van der Waals surface area contributed by atoms with Crippen molar-refractivity contribution >= 4 is 28.4 Å². The minimum Gasteiger partial charge on any atom is -0.366 e. The average molecular weight is 568 g/mol. The van der Waals surface area contributed by atoms with Gasteiger partial charge in [-0.1, -0.05) is 18.6 Å². The van der Waals surface area contributed by atoms with E-state index in [1.54, 1.807) is 0 Å². The molecule has 0 atom stereocenters. The monoisotopic (exact) mass is 567 g/mol. The predicted octanol–water partition coefficient (Wildman–Crippen LogP) is 5.58. The summed E-state index contributed by atoms with van der Waals surface area (Å²) < 4.78 is 2.22.